The van der Waals surface area contributed by atoms with Crippen molar-refractivity contribution < 1.29 is 22.7 Å². The lowest BCUT2D eigenvalue weighted by Gasteiger charge is -2.15. The average Bonchev–Trinajstić information content (AvgIpc) is 2.61. The van der Waals surface area contributed by atoms with Gasteiger partial charge in [-0.2, -0.15) is 0 Å². The van der Waals surface area contributed by atoms with Crippen molar-refractivity contribution in [1.29, 1.82) is 0 Å². The molecule has 28 heavy (non-hydrogen) atoms. The van der Waals surface area contributed by atoms with Crippen molar-refractivity contribution >= 4 is 33.2 Å². The van der Waals surface area contributed by atoms with Crippen LogP contribution in [0.25, 0.3) is 0 Å². The van der Waals surface area contributed by atoms with E-state index in [0.717, 1.165) is 6.26 Å². The van der Waals surface area contributed by atoms with Crippen LogP contribution < -0.4 is 20.1 Å². The minimum atomic E-state index is -3.50. The van der Waals surface area contributed by atoms with Crippen LogP contribution >= 0.6 is 0 Å². The van der Waals surface area contributed by atoms with Gasteiger partial charge < -0.3 is 15.4 Å². The van der Waals surface area contributed by atoms with Crippen molar-refractivity contribution in [3.8, 4) is 5.75 Å². The fourth-order valence-electron chi connectivity index (χ4n) is 2.50. The minimum absolute atomic E-state index is 0.0550. The molecule has 9 heteroatoms. The number of carbonyl (C=O) groups is 2. The predicted molar refractivity (Wildman–Crippen MR) is 108 cm³/mol. The molecule has 0 spiro atoms. The van der Waals surface area contributed by atoms with Gasteiger partial charge in [0, 0.05) is 23.7 Å². The zero-order valence-corrected chi connectivity index (χ0v) is 16.7. The Morgan fingerprint density at radius 1 is 1.11 bits per heavy atom. The summed E-state index contributed by atoms with van der Waals surface area (Å²) in [7, 11) is -2.09. The molecule has 0 radical (unpaired) electrons. The van der Waals surface area contributed by atoms with E-state index in [9.17, 15) is 18.0 Å². The van der Waals surface area contributed by atoms with Gasteiger partial charge in [0.1, 0.15) is 5.75 Å². The second-order valence-corrected chi connectivity index (χ2v) is 8.03. The van der Waals surface area contributed by atoms with E-state index in [4.69, 9.17) is 4.74 Å². The van der Waals surface area contributed by atoms with Crippen molar-refractivity contribution in [1.82, 2.24) is 5.32 Å². The lowest BCUT2D eigenvalue weighted by molar-refractivity contribution is -0.116. The maximum atomic E-state index is 12.3. The highest BCUT2D eigenvalue weighted by molar-refractivity contribution is 7.92. The van der Waals surface area contributed by atoms with Crippen LogP contribution in [0, 0.1) is 0 Å². The summed E-state index contributed by atoms with van der Waals surface area (Å²) in [5, 5.41) is 5.44. The number of ether oxygens (including phenoxy) is 1. The molecule has 0 aliphatic heterocycles. The first kappa shape index (κ1) is 21.2. The van der Waals surface area contributed by atoms with Crippen molar-refractivity contribution in [2.24, 2.45) is 0 Å². The highest BCUT2D eigenvalue weighted by atomic mass is 32.2. The molecule has 0 fully saturated rings. The summed E-state index contributed by atoms with van der Waals surface area (Å²) in [5.74, 6) is -0.256. The molecular weight excluding hydrogens is 382 g/mol. The van der Waals surface area contributed by atoms with E-state index in [2.05, 4.69) is 15.4 Å². The van der Waals surface area contributed by atoms with Gasteiger partial charge in [0.05, 0.1) is 19.1 Å². The number of anilines is 2. The summed E-state index contributed by atoms with van der Waals surface area (Å²) in [6.07, 6.45) is 1.08. The van der Waals surface area contributed by atoms with Crippen LogP contribution in [0.15, 0.2) is 48.5 Å². The topological polar surface area (TPSA) is 114 Å². The fraction of sp³-hybridized carbons (Fsp3) is 0.263. The summed E-state index contributed by atoms with van der Waals surface area (Å²) < 4.78 is 30.4. The molecular formula is C19H23N3O5S. The van der Waals surface area contributed by atoms with Gasteiger partial charge in [0.15, 0.2) is 0 Å². The van der Waals surface area contributed by atoms with Gasteiger partial charge in [-0.15, -0.1) is 0 Å². The maximum Gasteiger partial charge on any atom is 0.251 e. The van der Waals surface area contributed by atoms with Gasteiger partial charge in [0.2, 0.25) is 15.9 Å². The van der Waals surface area contributed by atoms with E-state index in [1.165, 1.54) is 13.2 Å². The van der Waals surface area contributed by atoms with Gasteiger partial charge in [0.25, 0.3) is 5.91 Å². The Kier molecular flexibility index (Phi) is 7.00. The van der Waals surface area contributed by atoms with Crippen LogP contribution in [-0.2, 0) is 14.8 Å². The average molecular weight is 405 g/mol. The number of hydrogen-bond donors (Lipinski definition) is 3. The molecule has 0 aliphatic rings. The summed E-state index contributed by atoms with van der Waals surface area (Å²) in [6.45, 7) is 1.73. The Labute approximate surface area is 164 Å². The molecule has 150 valence electrons. The summed E-state index contributed by atoms with van der Waals surface area (Å²) in [5.41, 5.74) is 1.13. The monoisotopic (exact) mass is 405 g/mol. The smallest absolute Gasteiger partial charge is 0.251 e. The van der Waals surface area contributed by atoms with Crippen molar-refractivity contribution in [3.63, 3.8) is 0 Å². The van der Waals surface area contributed by atoms with Crippen molar-refractivity contribution in [2.45, 2.75) is 19.4 Å². The molecule has 1 unspecified atom stereocenters. The number of carbonyl (C=O) groups excluding carboxylic acids is 2. The van der Waals surface area contributed by atoms with Crippen molar-refractivity contribution in [3.05, 3.63) is 54.1 Å². The van der Waals surface area contributed by atoms with Crippen LogP contribution in [0.5, 0.6) is 5.75 Å². The minimum Gasteiger partial charge on any atom is -0.495 e. The first-order valence-corrected chi connectivity index (χ1v) is 10.4. The molecule has 0 saturated carbocycles. The quantitative estimate of drug-likeness (QED) is 0.623. The molecule has 2 aromatic carbocycles. The third-order valence-electron chi connectivity index (χ3n) is 3.68. The molecule has 0 bridgehead atoms. The third kappa shape index (κ3) is 6.58. The summed E-state index contributed by atoms with van der Waals surface area (Å²) in [4.78, 5) is 24.4. The summed E-state index contributed by atoms with van der Waals surface area (Å²) >= 11 is 0. The van der Waals surface area contributed by atoms with Gasteiger partial charge in [-0.25, -0.2) is 8.42 Å². The second-order valence-electron chi connectivity index (χ2n) is 6.28. The largest absolute Gasteiger partial charge is 0.495 e. The fourth-order valence-corrected chi connectivity index (χ4v) is 3.06. The molecule has 2 aromatic rings. The molecule has 2 rings (SSSR count). The Morgan fingerprint density at radius 3 is 2.39 bits per heavy atom. The number of benzene rings is 2. The van der Waals surface area contributed by atoms with Gasteiger partial charge in [-0.1, -0.05) is 18.2 Å². The molecule has 1 atom stereocenters. The Hall–Kier alpha value is -3.07. The van der Waals surface area contributed by atoms with E-state index in [1.54, 1.807) is 43.3 Å². The highest BCUT2D eigenvalue weighted by Crippen LogP contribution is 2.28. The Morgan fingerprint density at radius 2 is 1.79 bits per heavy atom. The van der Waals surface area contributed by atoms with E-state index < -0.39 is 10.0 Å². The zero-order valence-electron chi connectivity index (χ0n) is 15.9. The number of methoxy groups -OCH3 is 1. The summed E-state index contributed by atoms with van der Waals surface area (Å²) in [6, 6.07) is 12.9. The van der Waals surface area contributed by atoms with E-state index in [1.807, 2.05) is 6.07 Å². The number of nitrogens with one attached hydrogen (secondary N) is 3. The lowest BCUT2D eigenvalue weighted by Crippen LogP contribution is -2.35. The lowest BCUT2D eigenvalue weighted by atomic mass is 10.1. The normalized spacial score (nSPS) is 12.0. The predicted octanol–water partition coefficient (Wildman–Crippen LogP) is 2.21. The highest BCUT2D eigenvalue weighted by Gasteiger charge is 2.15. The molecule has 0 aliphatic carbocycles. The van der Waals surface area contributed by atoms with E-state index in [-0.39, 0.29) is 30.0 Å². The van der Waals surface area contributed by atoms with E-state index in [0.29, 0.717) is 17.0 Å². The van der Waals surface area contributed by atoms with Gasteiger partial charge >= 0.3 is 0 Å². The van der Waals surface area contributed by atoms with Crippen LogP contribution in [0.1, 0.15) is 23.7 Å². The van der Waals surface area contributed by atoms with Crippen LogP contribution in [0.2, 0.25) is 0 Å². The van der Waals surface area contributed by atoms with E-state index >= 15 is 0 Å². The standard InChI is InChI=1S/C19H23N3O5S/c1-13(20-19(24)14-7-5-4-6-8-14)11-18(23)21-15-9-10-17(27-2)16(12-15)22-28(3,25)26/h4-10,12-13,22H,11H2,1-3H3,(H,20,24)(H,21,23). The Balaban J connectivity index is 1.98. The first-order chi connectivity index (χ1) is 13.2. The first-order valence-electron chi connectivity index (χ1n) is 8.49. The number of rotatable bonds is 8. The molecule has 0 saturated heterocycles. The van der Waals surface area contributed by atoms with Crippen molar-refractivity contribution in [2.75, 3.05) is 23.4 Å². The zero-order chi connectivity index (χ0) is 20.7. The molecule has 0 heterocycles. The third-order valence-corrected chi connectivity index (χ3v) is 4.27. The number of hydrogen-bond acceptors (Lipinski definition) is 5. The van der Waals surface area contributed by atoms with Crippen LogP contribution in [-0.4, -0.2) is 39.6 Å². The maximum absolute atomic E-state index is 12.3. The number of amides is 2. The van der Waals surface area contributed by atoms with Gasteiger partial charge in [-0.3, -0.25) is 14.3 Å². The molecule has 2 amide bonds. The molecule has 8 nitrogen and oxygen atoms in total. The van der Waals surface area contributed by atoms with Crippen LogP contribution in [0.4, 0.5) is 11.4 Å². The Bertz CT molecular complexity index is 945. The molecule has 0 aromatic heterocycles. The molecule has 3 N–H and O–H groups in total. The SMILES string of the molecule is COc1ccc(NC(=O)CC(C)NC(=O)c2ccccc2)cc1NS(C)(=O)=O. The van der Waals surface area contributed by atoms with Gasteiger partial charge in [-0.05, 0) is 37.3 Å². The number of sulfonamides is 1. The van der Waals surface area contributed by atoms with Crippen LogP contribution in [0.3, 0.4) is 0 Å². The second kappa shape index (κ2) is 9.23.